The third-order valence-electron chi connectivity index (χ3n) is 4.58. The minimum Gasteiger partial charge on any atom is -0.361 e. The molecule has 0 aliphatic rings. The summed E-state index contributed by atoms with van der Waals surface area (Å²) in [5.41, 5.74) is 3.65. The van der Waals surface area contributed by atoms with Crippen molar-refractivity contribution in [2.45, 2.75) is 39.0 Å². The van der Waals surface area contributed by atoms with Gasteiger partial charge in [-0.3, -0.25) is 0 Å². The van der Waals surface area contributed by atoms with Gasteiger partial charge < -0.3 is 14.6 Å². The molecule has 0 spiro atoms. The molecule has 3 rings (SSSR count). The zero-order valence-electron chi connectivity index (χ0n) is 17.1. The van der Waals surface area contributed by atoms with Crippen LogP contribution in [0.25, 0.3) is 22.3 Å². The standard InChI is InChI=1S/C21H26ClN5OSi/c1-29(2,3)13-12-28-15-27-11-8-18-19(25-21(22)26-20(18)27)17-6-4-16(5-7-17)14-24-10-9-23/h4-8,11,24H,10,12-15H2,1-3H3. The highest BCUT2D eigenvalue weighted by atomic mass is 35.5. The van der Waals surface area contributed by atoms with Crippen LogP contribution in [-0.2, 0) is 18.0 Å². The van der Waals surface area contributed by atoms with Gasteiger partial charge in [-0.05, 0) is 29.3 Å². The molecule has 29 heavy (non-hydrogen) atoms. The Labute approximate surface area is 177 Å². The van der Waals surface area contributed by atoms with Crippen LogP contribution < -0.4 is 5.32 Å². The van der Waals surface area contributed by atoms with Crippen LogP contribution in [0.4, 0.5) is 0 Å². The SMILES string of the molecule is C[Si](C)(C)CCOCn1ccc2c(-c3ccc(CNCC#N)cc3)nc(Cl)nc21. The lowest BCUT2D eigenvalue weighted by Gasteiger charge is -2.15. The Morgan fingerprint density at radius 1 is 1.17 bits per heavy atom. The number of hydrogen-bond acceptors (Lipinski definition) is 5. The predicted molar refractivity (Wildman–Crippen MR) is 119 cm³/mol. The van der Waals surface area contributed by atoms with Crippen molar-refractivity contribution in [3.8, 4) is 17.3 Å². The molecule has 0 fully saturated rings. The summed E-state index contributed by atoms with van der Waals surface area (Å²) in [5.74, 6) is 0. The number of aromatic nitrogens is 3. The molecule has 0 bridgehead atoms. The summed E-state index contributed by atoms with van der Waals surface area (Å²) in [5, 5.41) is 12.8. The average Bonchev–Trinajstić information content (AvgIpc) is 3.07. The third-order valence-corrected chi connectivity index (χ3v) is 6.45. The van der Waals surface area contributed by atoms with Crippen LogP contribution in [0.5, 0.6) is 0 Å². The Hall–Kier alpha value is -2.24. The van der Waals surface area contributed by atoms with E-state index < -0.39 is 8.07 Å². The molecule has 0 amide bonds. The number of nitrogens with zero attached hydrogens (tertiary/aromatic N) is 4. The van der Waals surface area contributed by atoms with Gasteiger partial charge in [0.05, 0.1) is 18.3 Å². The molecule has 2 heterocycles. The second-order valence-electron chi connectivity index (χ2n) is 8.17. The van der Waals surface area contributed by atoms with Crippen molar-refractivity contribution in [1.29, 1.82) is 5.26 Å². The summed E-state index contributed by atoms with van der Waals surface area (Å²) in [4.78, 5) is 8.89. The fourth-order valence-corrected chi connectivity index (χ4v) is 3.87. The van der Waals surface area contributed by atoms with Gasteiger partial charge in [0.15, 0.2) is 0 Å². The molecule has 8 heteroatoms. The third kappa shape index (κ3) is 5.87. The molecule has 0 aliphatic carbocycles. The number of nitriles is 1. The van der Waals surface area contributed by atoms with Crippen molar-refractivity contribution in [1.82, 2.24) is 19.9 Å². The molecule has 1 aromatic carbocycles. The highest BCUT2D eigenvalue weighted by molar-refractivity contribution is 6.76. The van der Waals surface area contributed by atoms with Crippen LogP contribution in [0, 0.1) is 11.3 Å². The molecular formula is C21H26ClN5OSi. The van der Waals surface area contributed by atoms with Gasteiger partial charge in [-0.15, -0.1) is 0 Å². The molecule has 152 valence electrons. The van der Waals surface area contributed by atoms with Crippen LogP contribution in [0.1, 0.15) is 5.56 Å². The Morgan fingerprint density at radius 2 is 1.93 bits per heavy atom. The van der Waals surface area contributed by atoms with Gasteiger partial charge in [-0.1, -0.05) is 43.9 Å². The first-order chi connectivity index (χ1) is 13.9. The molecule has 0 unspecified atom stereocenters. The van der Waals surface area contributed by atoms with Gasteiger partial charge in [0.2, 0.25) is 5.28 Å². The van der Waals surface area contributed by atoms with E-state index in [2.05, 4.69) is 41.0 Å². The van der Waals surface area contributed by atoms with Gasteiger partial charge in [-0.2, -0.15) is 10.2 Å². The molecule has 1 N–H and O–H groups in total. The summed E-state index contributed by atoms with van der Waals surface area (Å²) in [6.45, 7) is 9.20. The van der Waals surface area contributed by atoms with Crippen LogP contribution in [0.15, 0.2) is 36.5 Å². The van der Waals surface area contributed by atoms with Gasteiger partial charge >= 0.3 is 0 Å². The Kier molecular flexibility index (Phi) is 7.03. The first-order valence-electron chi connectivity index (χ1n) is 9.64. The van der Waals surface area contributed by atoms with E-state index >= 15 is 0 Å². The zero-order valence-corrected chi connectivity index (χ0v) is 18.8. The average molecular weight is 428 g/mol. The van der Waals surface area contributed by atoms with Crippen molar-refractivity contribution in [3.05, 3.63) is 47.4 Å². The Morgan fingerprint density at radius 3 is 2.62 bits per heavy atom. The Balaban J connectivity index is 1.79. The smallest absolute Gasteiger partial charge is 0.224 e. The van der Waals surface area contributed by atoms with Crippen molar-refractivity contribution in [3.63, 3.8) is 0 Å². The predicted octanol–water partition coefficient (Wildman–Crippen LogP) is 4.68. The molecule has 6 nitrogen and oxygen atoms in total. The molecule has 0 saturated heterocycles. The summed E-state index contributed by atoms with van der Waals surface area (Å²) in [6.07, 6.45) is 1.97. The van der Waals surface area contributed by atoms with E-state index in [0.717, 1.165) is 40.5 Å². The zero-order chi connectivity index (χ0) is 20.9. The number of rotatable bonds is 9. The lowest BCUT2D eigenvalue weighted by Crippen LogP contribution is -2.22. The normalized spacial score (nSPS) is 11.7. The number of halogens is 1. The summed E-state index contributed by atoms with van der Waals surface area (Å²) in [6, 6.07) is 13.3. The van der Waals surface area contributed by atoms with Crippen molar-refractivity contribution in [2.75, 3.05) is 13.2 Å². The Bertz CT molecular complexity index is 1000. The van der Waals surface area contributed by atoms with Gasteiger partial charge in [0.25, 0.3) is 0 Å². The maximum atomic E-state index is 8.62. The van der Waals surface area contributed by atoms with Crippen LogP contribution >= 0.6 is 11.6 Å². The monoisotopic (exact) mass is 427 g/mol. The van der Waals surface area contributed by atoms with Gasteiger partial charge in [0, 0.05) is 38.4 Å². The maximum absolute atomic E-state index is 8.62. The molecule has 3 aromatic rings. The van der Waals surface area contributed by atoms with E-state index in [9.17, 15) is 0 Å². The minimum atomic E-state index is -1.11. The van der Waals surface area contributed by atoms with Gasteiger partial charge in [0.1, 0.15) is 12.4 Å². The number of nitrogens with one attached hydrogen (secondary N) is 1. The summed E-state index contributed by atoms with van der Waals surface area (Å²) >= 11 is 6.23. The maximum Gasteiger partial charge on any atom is 0.224 e. The van der Waals surface area contributed by atoms with Crippen LogP contribution in [0.2, 0.25) is 31.0 Å². The highest BCUT2D eigenvalue weighted by Crippen LogP contribution is 2.28. The van der Waals surface area contributed by atoms with E-state index in [1.165, 1.54) is 0 Å². The number of ether oxygens (including phenoxy) is 1. The molecule has 0 radical (unpaired) electrons. The largest absolute Gasteiger partial charge is 0.361 e. The number of hydrogen-bond donors (Lipinski definition) is 1. The van der Waals surface area contributed by atoms with E-state index in [4.69, 9.17) is 21.6 Å². The first-order valence-corrected chi connectivity index (χ1v) is 13.7. The van der Waals surface area contributed by atoms with E-state index in [1.807, 2.05) is 41.1 Å². The quantitative estimate of drug-likeness (QED) is 0.232. The van der Waals surface area contributed by atoms with Crippen molar-refractivity contribution >= 4 is 30.7 Å². The van der Waals surface area contributed by atoms with Crippen LogP contribution in [-0.4, -0.2) is 35.8 Å². The van der Waals surface area contributed by atoms with Crippen LogP contribution in [0.3, 0.4) is 0 Å². The van der Waals surface area contributed by atoms with Crippen molar-refractivity contribution < 1.29 is 4.74 Å². The number of benzene rings is 1. The molecule has 2 aromatic heterocycles. The highest BCUT2D eigenvalue weighted by Gasteiger charge is 2.14. The summed E-state index contributed by atoms with van der Waals surface area (Å²) in [7, 11) is -1.11. The van der Waals surface area contributed by atoms with E-state index in [0.29, 0.717) is 19.8 Å². The first kappa shape index (κ1) is 21.5. The van der Waals surface area contributed by atoms with Gasteiger partial charge in [-0.25, -0.2) is 4.98 Å². The van der Waals surface area contributed by atoms with E-state index in [-0.39, 0.29) is 5.28 Å². The fourth-order valence-electron chi connectivity index (χ4n) is 2.95. The van der Waals surface area contributed by atoms with Crippen molar-refractivity contribution in [2.24, 2.45) is 0 Å². The molecule has 0 saturated carbocycles. The minimum absolute atomic E-state index is 0.217. The molecule has 0 atom stereocenters. The lowest BCUT2D eigenvalue weighted by atomic mass is 10.1. The second kappa shape index (κ2) is 9.50. The topological polar surface area (TPSA) is 75.8 Å². The second-order valence-corrected chi connectivity index (χ2v) is 14.1. The lowest BCUT2D eigenvalue weighted by molar-refractivity contribution is 0.0899. The number of fused-ring (bicyclic) bond motifs is 1. The fraction of sp³-hybridized carbons (Fsp3) is 0.381. The molecule has 0 aliphatic heterocycles. The molecular weight excluding hydrogens is 402 g/mol. The van der Waals surface area contributed by atoms with E-state index in [1.54, 1.807) is 0 Å². The summed E-state index contributed by atoms with van der Waals surface area (Å²) < 4.78 is 7.84.